The summed E-state index contributed by atoms with van der Waals surface area (Å²) in [6.07, 6.45) is 7.97. The van der Waals surface area contributed by atoms with E-state index in [4.69, 9.17) is 9.72 Å². The zero-order valence-electron chi connectivity index (χ0n) is 22.2. The molecule has 4 aromatic rings. The number of H-pyrrole nitrogens is 1. The summed E-state index contributed by atoms with van der Waals surface area (Å²) in [5.74, 6) is 1.44. The van der Waals surface area contributed by atoms with Gasteiger partial charge in [-0.3, -0.25) is 4.98 Å². The highest BCUT2D eigenvalue weighted by Gasteiger charge is 2.27. The Bertz CT molecular complexity index is 1370. The van der Waals surface area contributed by atoms with Crippen LogP contribution in [0.3, 0.4) is 0 Å². The molecule has 0 aliphatic heterocycles. The van der Waals surface area contributed by atoms with Gasteiger partial charge in [-0.1, -0.05) is 13.8 Å². The Morgan fingerprint density at radius 3 is 2.64 bits per heavy atom. The molecule has 1 saturated carbocycles. The molecule has 4 heterocycles. The quantitative estimate of drug-likeness (QED) is 0.333. The highest BCUT2D eigenvalue weighted by molar-refractivity contribution is 5.89. The number of ether oxygens (including phenoxy) is 1. The predicted molar refractivity (Wildman–Crippen MR) is 143 cm³/mol. The van der Waals surface area contributed by atoms with Gasteiger partial charge in [0.2, 0.25) is 0 Å². The average molecular weight is 491 g/mol. The Labute approximate surface area is 212 Å². The molecule has 0 spiro atoms. The summed E-state index contributed by atoms with van der Waals surface area (Å²) in [5.41, 5.74) is 7.88. The highest BCUT2D eigenvalue weighted by atomic mass is 16.5. The molecule has 5 rings (SSSR count). The van der Waals surface area contributed by atoms with Crippen molar-refractivity contribution >= 4 is 16.7 Å². The van der Waals surface area contributed by atoms with Gasteiger partial charge >= 0.3 is 0 Å². The van der Waals surface area contributed by atoms with E-state index in [2.05, 4.69) is 47.2 Å². The van der Waals surface area contributed by atoms with E-state index in [1.54, 1.807) is 18.0 Å². The monoisotopic (exact) mass is 490 g/mol. The number of aliphatic hydroxyl groups is 1. The molecule has 0 bridgehead atoms. The van der Waals surface area contributed by atoms with Crippen molar-refractivity contribution in [3.63, 3.8) is 0 Å². The van der Waals surface area contributed by atoms with E-state index in [1.807, 2.05) is 26.1 Å². The topological polar surface area (TPSA) is 100 Å². The first-order valence-corrected chi connectivity index (χ1v) is 13.0. The maximum atomic E-state index is 10.1. The summed E-state index contributed by atoms with van der Waals surface area (Å²) < 4.78 is 7.37. The van der Waals surface area contributed by atoms with Gasteiger partial charge in [-0.25, -0.2) is 9.50 Å². The third kappa shape index (κ3) is 4.72. The molecule has 4 aromatic heterocycles. The zero-order valence-corrected chi connectivity index (χ0v) is 22.2. The van der Waals surface area contributed by atoms with E-state index < -0.39 is 5.60 Å². The molecule has 0 unspecified atom stereocenters. The van der Waals surface area contributed by atoms with Gasteiger partial charge in [-0.2, -0.15) is 5.10 Å². The molecule has 0 aromatic carbocycles. The average Bonchev–Trinajstić information content (AvgIpc) is 3.45. The second kappa shape index (κ2) is 9.48. The Morgan fingerprint density at radius 1 is 1.22 bits per heavy atom. The van der Waals surface area contributed by atoms with E-state index in [0.717, 1.165) is 48.0 Å². The van der Waals surface area contributed by atoms with Gasteiger partial charge in [0, 0.05) is 41.5 Å². The number of hydrogen-bond donors (Lipinski definition) is 3. The van der Waals surface area contributed by atoms with Gasteiger partial charge in [0.25, 0.3) is 0 Å². The normalized spacial score (nSPS) is 19.0. The van der Waals surface area contributed by atoms with Gasteiger partial charge in [0.15, 0.2) is 11.4 Å². The molecule has 0 saturated heterocycles. The molecule has 0 radical (unpaired) electrons. The number of nitrogens with one attached hydrogen (secondary N) is 2. The maximum Gasteiger partial charge on any atom is 0.197 e. The Hall–Kier alpha value is -2.97. The Balaban J connectivity index is 1.49. The molecule has 8 nitrogen and oxygen atoms in total. The second-order valence-corrected chi connectivity index (χ2v) is 11.2. The lowest BCUT2D eigenvalue weighted by atomic mass is 9.82. The molecule has 0 atom stereocenters. The van der Waals surface area contributed by atoms with Crippen LogP contribution < -0.4 is 10.1 Å². The fourth-order valence-electron chi connectivity index (χ4n) is 5.60. The standard InChI is InChI=1S/C28H38N6O2/c1-16(2)23-25(19-12-22(36-6)27-30-15-31-34(27)13-19)32-21-11-17(3)24(33-26(21)23)18-7-9-20(10-8-18)29-14-28(4,5)35/h11-13,15-16,18,20,29,32,35H,7-10,14H2,1-6H3. The molecular formula is C28H38N6O2. The minimum Gasteiger partial charge on any atom is -0.493 e. The summed E-state index contributed by atoms with van der Waals surface area (Å²) >= 11 is 0. The number of pyridine rings is 2. The fourth-order valence-corrected chi connectivity index (χ4v) is 5.60. The van der Waals surface area contributed by atoms with E-state index in [-0.39, 0.29) is 5.92 Å². The van der Waals surface area contributed by atoms with Crippen molar-refractivity contribution < 1.29 is 9.84 Å². The van der Waals surface area contributed by atoms with Crippen LogP contribution in [0.5, 0.6) is 5.75 Å². The van der Waals surface area contributed by atoms with Crippen LogP contribution in [-0.4, -0.2) is 55.0 Å². The molecule has 3 N–H and O–H groups in total. The second-order valence-electron chi connectivity index (χ2n) is 11.2. The van der Waals surface area contributed by atoms with Crippen LogP contribution in [0.1, 0.15) is 82.0 Å². The Kier molecular flexibility index (Phi) is 6.51. The number of rotatable bonds is 7. The summed E-state index contributed by atoms with van der Waals surface area (Å²) in [7, 11) is 1.66. The van der Waals surface area contributed by atoms with Crippen molar-refractivity contribution in [1.82, 2.24) is 29.9 Å². The highest BCUT2D eigenvalue weighted by Crippen LogP contribution is 2.40. The van der Waals surface area contributed by atoms with E-state index >= 15 is 0 Å². The van der Waals surface area contributed by atoms with Crippen molar-refractivity contribution in [1.29, 1.82) is 0 Å². The van der Waals surface area contributed by atoms with E-state index in [1.165, 1.54) is 16.8 Å². The zero-order chi connectivity index (χ0) is 25.6. The molecule has 1 aliphatic rings. The maximum absolute atomic E-state index is 10.1. The lowest BCUT2D eigenvalue weighted by Gasteiger charge is -2.31. The minimum absolute atomic E-state index is 0.288. The van der Waals surface area contributed by atoms with Crippen LogP contribution >= 0.6 is 0 Å². The van der Waals surface area contributed by atoms with Crippen LogP contribution in [0.2, 0.25) is 0 Å². The molecule has 0 amide bonds. The first kappa shape index (κ1) is 24.7. The van der Waals surface area contributed by atoms with Crippen LogP contribution in [0, 0.1) is 6.92 Å². The van der Waals surface area contributed by atoms with Gasteiger partial charge in [-0.15, -0.1) is 0 Å². The number of aryl methyl sites for hydroxylation is 1. The van der Waals surface area contributed by atoms with Gasteiger partial charge in [-0.05, 0) is 70.1 Å². The van der Waals surface area contributed by atoms with Crippen molar-refractivity contribution in [2.75, 3.05) is 13.7 Å². The molecule has 1 aliphatic carbocycles. The van der Waals surface area contributed by atoms with Gasteiger partial charge in [0.1, 0.15) is 6.33 Å². The summed E-state index contributed by atoms with van der Waals surface area (Å²) in [5, 5.41) is 17.9. The van der Waals surface area contributed by atoms with Crippen molar-refractivity contribution in [2.24, 2.45) is 0 Å². The van der Waals surface area contributed by atoms with Crippen LogP contribution in [0.25, 0.3) is 27.9 Å². The van der Waals surface area contributed by atoms with Crippen molar-refractivity contribution in [2.45, 2.75) is 83.8 Å². The summed E-state index contributed by atoms with van der Waals surface area (Å²) in [6, 6.07) is 4.75. The van der Waals surface area contributed by atoms with Crippen LogP contribution in [0.15, 0.2) is 24.7 Å². The lowest BCUT2D eigenvalue weighted by Crippen LogP contribution is -2.42. The smallest absolute Gasteiger partial charge is 0.197 e. The first-order valence-electron chi connectivity index (χ1n) is 13.0. The third-order valence-electron chi connectivity index (χ3n) is 7.40. The molecule has 36 heavy (non-hydrogen) atoms. The minimum atomic E-state index is -0.679. The van der Waals surface area contributed by atoms with Gasteiger partial charge < -0.3 is 20.1 Å². The molecule has 192 valence electrons. The number of nitrogens with zero attached hydrogens (tertiary/aromatic N) is 4. The largest absolute Gasteiger partial charge is 0.493 e. The Morgan fingerprint density at radius 2 is 1.97 bits per heavy atom. The number of hydrogen-bond acceptors (Lipinski definition) is 6. The van der Waals surface area contributed by atoms with Gasteiger partial charge in [0.05, 0.1) is 29.4 Å². The van der Waals surface area contributed by atoms with Crippen LogP contribution in [-0.2, 0) is 0 Å². The number of aromatic amines is 1. The number of fused-ring (bicyclic) bond motifs is 2. The SMILES string of the molecule is COc1cc(-c2[nH]c3cc(C)c(C4CCC(NCC(C)(C)O)CC4)nc3c2C(C)C)cn2ncnc12. The summed E-state index contributed by atoms with van der Waals surface area (Å²) in [6.45, 7) is 11.0. The lowest BCUT2D eigenvalue weighted by molar-refractivity contribution is 0.0742. The summed E-state index contributed by atoms with van der Waals surface area (Å²) in [4.78, 5) is 13.3. The number of methoxy groups -OCH3 is 1. The molecule has 1 fully saturated rings. The van der Waals surface area contributed by atoms with E-state index in [0.29, 0.717) is 29.9 Å². The van der Waals surface area contributed by atoms with Crippen molar-refractivity contribution in [3.8, 4) is 17.0 Å². The molecular weight excluding hydrogens is 452 g/mol. The third-order valence-corrected chi connectivity index (χ3v) is 7.40. The predicted octanol–water partition coefficient (Wildman–Crippen LogP) is 5.10. The fraction of sp³-hybridized carbons (Fsp3) is 0.536. The first-order chi connectivity index (χ1) is 17.1. The van der Waals surface area contributed by atoms with Crippen LogP contribution in [0.4, 0.5) is 0 Å². The van der Waals surface area contributed by atoms with E-state index in [9.17, 15) is 5.11 Å². The molecule has 8 heteroatoms. The number of aromatic nitrogens is 5. The van der Waals surface area contributed by atoms with Crippen molar-refractivity contribution in [3.05, 3.63) is 41.5 Å².